The van der Waals surface area contributed by atoms with Crippen LogP contribution in [0.15, 0.2) is 64.3 Å². The number of hydrogen-bond donors (Lipinski definition) is 1. The highest BCUT2D eigenvalue weighted by atomic mass is 32.2. The molecule has 1 saturated heterocycles. The van der Waals surface area contributed by atoms with Gasteiger partial charge in [0.1, 0.15) is 11.5 Å². The van der Waals surface area contributed by atoms with Gasteiger partial charge in [-0.2, -0.15) is 0 Å². The molecule has 0 unspecified atom stereocenters. The number of hydrogen-bond acceptors (Lipinski definition) is 7. The average molecular weight is 494 g/mol. The van der Waals surface area contributed by atoms with Gasteiger partial charge in [-0.25, -0.2) is 4.39 Å². The number of rotatable bonds is 8. The Bertz CT molecular complexity index is 1300. The molecule has 0 aliphatic carbocycles. The predicted octanol–water partition coefficient (Wildman–Crippen LogP) is 4.96. The van der Waals surface area contributed by atoms with Gasteiger partial charge in [0.05, 0.1) is 18.4 Å². The van der Waals surface area contributed by atoms with E-state index in [2.05, 4.69) is 20.7 Å². The van der Waals surface area contributed by atoms with E-state index in [1.807, 2.05) is 35.8 Å². The molecule has 5 rings (SSSR count). The van der Waals surface area contributed by atoms with Crippen LogP contribution in [0.1, 0.15) is 18.4 Å². The van der Waals surface area contributed by atoms with Crippen molar-refractivity contribution < 1.29 is 18.4 Å². The van der Waals surface area contributed by atoms with Crippen molar-refractivity contribution >= 4 is 23.6 Å². The van der Waals surface area contributed by atoms with Gasteiger partial charge in [-0.15, -0.1) is 10.2 Å². The van der Waals surface area contributed by atoms with Gasteiger partial charge in [-0.1, -0.05) is 46.7 Å². The predicted molar refractivity (Wildman–Crippen MR) is 130 cm³/mol. The molecule has 1 aliphatic heterocycles. The normalized spacial score (nSPS) is 15.4. The zero-order valence-electron chi connectivity index (χ0n) is 19.1. The van der Waals surface area contributed by atoms with Crippen molar-refractivity contribution in [3.8, 4) is 22.6 Å². The Labute approximate surface area is 205 Å². The number of ether oxygens (including phenoxy) is 1. The van der Waals surface area contributed by atoms with Crippen LogP contribution in [0.2, 0.25) is 0 Å². The summed E-state index contributed by atoms with van der Waals surface area (Å²) in [5.41, 5.74) is 3.45. The van der Waals surface area contributed by atoms with Crippen LogP contribution in [0.3, 0.4) is 0 Å². The maximum Gasteiger partial charge on any atom is 0.237 e. The number of anilines is 1. The van der Waals surface area contributed by atoms with Gasteiger partial charge in [0, 0.05) is 23.8 Å². The summed E-state index contributed by atoms with van der Waals surface area (Å²) in [6, 6.07) is 15.7. The quantitative estimate of drug-likeness (QED) is 0.347. The number of carbonyl (C=O) groups excluding carboxylic acids is 1. The third-order valence-corrected chi connectivity index (χ3v) is 6.65. The number of aromatic nitrogens is 4. The van der Waals surface area contributed by atoms with E-state index < -0.39 is 0 Å². The maximum absolute atomic E-state index is 13.4. The van der Waals surface area contributed by atoms with E-state index in [0.717, 1.165) is 36.1 Å². The van der Waals surface area contributed by atoms with E-state index in [-0.39, 0.29) is 29.5 Å². The lowest BCUT2D eigenvalue weighted by Gasteiger charge is -2.14. The van der Waals surface area contributed by atoms with E-state index in [1.54, 1.807) is 18.2 Å². The van der Waals surface area contributed by atoms with Gasteiger partial charge < -0.3 is 9.26 Å². The second-order valence-corrected chi connectivity index (χ2v) is 9.28. The summed E-state index contributed by atoms with van der Waals surface area (Å²) in [6.07, 6.45) is 2.00. The number of benzene rings is 2. The van der Waals surface area contributed by atoms with Crippen molar-refractivity contribution in [2.75, 3.05) is 17.7 Å². The zero-order valence-corrected chi connectivity index (χ0v) is 19.9. The molecular formula is C25H24FN5O3S. The minimum absolute atomic E-state index is 0.0489. The van der Waals surface area contributed by atoms with Crippen molar-refractivity contribution in [1.29, 1.82) is 0 Å². The highest BCUT2D eigenvalue weighted by Gasteiger charge is 2.22. The summed E-state index contributed by atoms with van der Waals surface area (Å²) in [7, 11) is 0. The molecule has 1 fully saturated rings. The first-order chi connectivity index (χ1) is 17.0. The molecule has 1 amide bonds. The smallest absolute Gasteiger partial charge is 0.237 e. The third kappa shape index (κ3) is 5.60. The molecule has 10 heteroatoms. The molecule has 35 heavy (non-hydrogen) atoms. The Morgan fingerprint density at radius 3 is 2.66 bits per heavy atom. The van der Waals surface area contributed by atoms with Crippen LogP contribution < -0.4 is 5.32 Å². The van der Waals surface area contributed by atoms with Crippen LogP contribution in [-0.2, 0) is 16.1 Å². The maximum atomic E-state index is 13.4. The number of aryl methyl sites for hydroxylation is 1. The monoisotopic (exact) mass is 493 g/mol. The average Bonchev–Trinajstić information content (AvgIpc) is 3.61. The molecule has 2 aromatic carbocycles. The standard InChI is InChI=1S/C25H24FN5O3S/c1-16-4-6-17(7-5-16)21-13-23(34-30-21)27-22(32)15-35-25-29-28-24(18-8-10-19(26)11-9-18)31(25)14-20-3-2-12-33-20/h4-11,13,20H,2-3,12,14-15H2,1H3,(H,27,32)/t20-/m0/s1. The van der Waals surface area contributed by atoms with Crippen LogP contribution in [0.5, 0.6) is 0 Å². The third-order valence-electron chi connectivity index (χ3n) is 5.68. The molecule has 1 aliphatic rings. The summed E-state index contributed by atoms with van der Waals surface area (Å²) < 4.78 is 26.4. The topological polar surface area (TPSA) is 95.1 Å². The largest absolute Gasteiger partial charge is 0.376 e. The van der Waals surface area contributed by atoms with Gasteiger partial charge in [0.15, 0.2) is 11.0 Å². The molecule has 2 aromatic heterocycles. The second-order valence-electron chi connectivity index (χ2n) is 8.34. The summed E-state index contributed by atoms with van der Waals surface area (Å²) in [5.74, 6) is 0.424. The highest BCUT2D eigenvalue weighted by molar-refractivity contribution is 7.99. The molecule has 0 bridgehead atoms. The van der Waals surface area contributed by atoms with Gasteiger partial charge >= 0.3 is 0 Å². The second kappa shape index (κ2) is 10.4. The lowest BCUT2D eigenvalue weighted by Crippen LogP contribution is -2.18. The van der Waals surface area contributed by atoms with Crippen molar-refractivity contribution in [1.82, 2.24) is 19.9 Å². The summed E-state index contributed by atoms with van der Waals surface area (Å²) in [4.78, 5) is 12.6. The van der Waals surface area contributed by atoms with E-state index in [0.29, 0.717) is 23.2 Å². The molecular weight excluding hydrogens is 469 g/mol. The Hall–Kier alpha value is -3.50. The molecule has 0 radical (unpaired) electrons. The van der Waals surface area contributed by atoms with Gasteiger partial charge in [-0.05, 0) is 44.0 Å². The summed E-state index contributed by atoms with van der Waals surface area (Å²) in [6.45, 7) is 3.30. The fraction of sp³-hybridized carbons (Fsp3) is 0.280. The molecule has 180 valence electrons. The first-order valence-electron chi connectivity index (χ1n) is 11.3. The van der Waals surface area contributed by atoms with Crippen LogP contribution in [0, 0.1) is 12.7 Å². The molecule has 3 heterocycles. The minimum atomic E-state index is -0.317. The Morgan fingerprint density at radius 1 is 1.14 bits per heavy atom. The fourth-order valence-corrected chi connectivity index (χ4v) is 4.61. The van der Waals surface area contributed by atoms with Gasteiger partial charge in [0.2, 0.25) is 11.8 Å². The summed E-state index contributed by atoms with van der Waals surface area (Å²) in [5, 5.41) is 16.0. The fourth-order valence-electron chi connectivity index (χ4n) is 3.86. The zero-order chi connectivity index (χ0) is 24.2. The highest BCUT2D eigenvalue weighted by Crippen LogP contribution is 2.27. The van der Waals surface area contributed by atoms with Crippen molar-refractivity contribution in [2.45, 2.75) is 37.6 Å². The van der Waals surface area contributed by atoms with E-state index in [9.17, 15) is 9.18 Å². The van der Waals surface area contributed by atoms with Gasteiger partial charge in [-0.3, -0.25) is 14.7 Å². The first-order valence-corrected chi connectivity index (χ1v) is 12.3. The van der Waals surface area contributed by atoms with Crippen molar-refractivity contribution in [3.05, 3.63) is 66.0 Å². The number of amides is 1. The van der Waals surface area contributed by atoms with Gasteiger partial charge in [0.25, 0.3) is 0 Å². The molecule has 1 atom stereocenters. The Kier molecular flexibility index (Phi) is 6.91. The van der Waals surface area contributed by atoms with Crippen LogP contribution >= 0.6 is 11.8 Å². The van der Waals surface area contributed by atoms with Crippen LogP contribution in [0.4, 0.5) is 10.3 Å². The number of carbonyl (C=O) groups is 1. The molecule has 4 aromatic rings. The molecule has 1 N–H and O–H groups in total. The SMILES string of the molecule is Cc1ccc(-c2cc(NC(=O)CSc3nnc(-c4ccc(F)cc4)n3C[C@@H]3CCCO3)on2)cc1. The molecule has 8 nitrogen and oxygen atoms in total. The Morgan fingerprint density at radius 2 is 1.91 bits per heavy atom. The summed E-state index contributed by atoms with van der Waals surface area (Å²) >= 11 is 1.27. The van der Waals surface area contributed by atoms with E-state index in [4.69, 9.17) is 9.26 Å². The van der Waals surface area contributed by atoms with Crippen molar-refractivity contribution in [3.63, 3.8) is 0 Å². The number of nitrogens with zero attached hydrogens (tertiary/aromatic N) is 4. The van der Waals surface area contributed by atoms with E-state index in [1.165, 1.54) is 23.9 Å². The molecule has 0 spiro atoms. The number of thioether (sulfide) groups is 1. The number of halogens is 1. The minimum Gasteiger partial charge on any atom is -0.376 e. The lowest BCUT2D eigenvalue weighted by atomic mass is 10.1. The Balaban J connectivity index is 1.27. The molecule has 0 saturated carbocycles. The van der Waals surface area contributed by atoms with Crippen LogP contribution in [0.25, 0.3) is 22.6 Å². The van der Waals surface area contributed by atoms with Crippen LogP contribution in [-0.4, -0.2) is 44.3 Å². The first kappa shape index (κ1) is 23.3. The van der Waals surface area contributed by atoms with Crippen molar-refractivity contribution in [2.24, 2.45) is 0 Å². The number of nitrogens with one attached hydrogen (secondary N) is 1. The van der Waals surface area contributed by atoms with E-state index >= 15 is 0 Å². The lowest BCUT2D eigenvalue weighted by molar-refractivity contribution is -0.113.